The van der Waals surface area contributed by atoms with Crippen molar-refractivity contribution in [1.82, 2.24) is 0 Å². The van der Waals surface area contributed by atoms with Gasteiger partial charge in [0.25, 0.3) is 5.91 Å². The fraction of sp³-hybridized carbons (Fsp3) is 0. The number of carbonyl (C=O) groups excluding carboxylic acids is 1. The number of anilines is 1. The number of carbonyl (C=O) groups is 1. The molecule has 0 aliphatic carbocycles. The topological polar surface area (TPSA) is 52.9 Å². The van der Waals surface area contributed by atoms with Gasteiger partial charge in [-0.05, 0) is 36.4 Å². The summed E-state index contributed by atoms with van der Waals surface area (Å²) in [4.78, 5) is 12.2. The van der Waals surface area contributed by atoms with Gasteiger partial charge in [0, 0.05) is 8.95 Å². The minimum absolute atomic E-state index is 0.338. The van der Waals surface area contributed by atoms with Gasteiger partial charge in [-0.25, -0.2) is 0 Å². The molecule has 2 aromatic rings. The second-order valence-corrected chi connectivity index (χ2v) is 6.12. The maximum absolute atomic E-state index is 12.2. The molecule has 0 saturated heterocycles. The van der Waals surface area contributed by atoms with Gasteiger partial charge in [0.15, 0.2) is 0 Å². The summed E-state index contributed by atoms with van der Waals surface area (Å²) in [6.45, 7) is 0. The van der Waals surface area contributed by atoms with Gasteiger partial charge in [0.1, 0.15) is 6.07 Å². The number of benzene rings is 2. The Morgan fingerprint density at radius 1 is 1.15 bits per heavy atom. The average Bonchev–Trinajstić information content (AvgIpc) is 2.41. The quantitative estimate of drug-likeness (QED) is 0.753. The molecular formula is C14H7Br2ClN2O. The van der Waals surface area contributed by atoms with E-state index in [4.69, 9.17) is 16.9 Å². The molecule has 0 fully saturated rings. The van der Waals surface area contributed by atoms with E-state index in [0.29, 0.717) is 21.8 Å². The Bertz CT molecular complexity index is 726. The van der Waals surface area contributed by atoms with E-state index in [1.807, 2.05) is 6.07 Å². The molecule has 6 heteroatoms. The zero-order valence-electron chi connectivity index (χ0n) is 9.95. The maximum atomic E-state index is 12.2. The third-order valence-corrected chi connectivity index (χ3v) is 3.84. The van der Waals surface area contributed by atoms with Crippen molar-refractivity contribution in [2.75, 3.05) is 5.32 Å². The van der Waals surface area contributed by atoms with Crippen molar-refractivity contribution < 1.29 is 4.79 Å². The van der Waals surface area contributed by atoms with E-state index in [1.165, 1.54) is 0 Å². The first kappa shape index (κ1) is 15.0. The van der Waals surface area contributed by atoms with Gasteiger partial charge in [-0.3, -0.25) is 4.79 Å². The van der Waals surface area contributed by atoms with Crippen LogP contribution in [0.25, 0.3) is 0 Å². The summed E-state index contributed by atoms with van der Waals surface area (Å²) in [6.07, 6.45) is 0. The molecule has 0 heterocycles. The summed E-state index contributed by atoms with van der Waals surface area (Å²) in [5.41, 5.74) is 1.15. The van der Waals surface area contributed by atoms with Crippen molar-refractivity contribution in [3.8, 4) is 6.07 Å². The monoisotopic (exact) mass is 412 g/mol. The van der Waals surface area contributed by atoms with Crippen molar-refractivity contribution in [2.24, 2.45) is 0 Å². The summed E-state index contributed by atoms with van der Waals surface area (Å²) < 4.78 is 1.52. The van der Waals surface area contributed by atoms with Crippen LogP contribution >= 0.6 is 43.5 Å². The molecule has 2 rings (SSSR count). The minimum atomic E-state index is -0.370. The van der Waals surface area contributed by atoms with Crippen LogP contribution in [-0.4, -0.2) is 5.91 Å². The number of amides is 1. The number of nitrogens with one attached hydrogen (secondary N) is 1. The number of hydrogen-bond donors (Lipinski definition) is 1. The van der Waals surface area contributed by atoms with Crippen LogP contribution in [0.2, 0.25) is 5.02 Å². The first-order valence-electron chi connectivity index (χ1n) is 5.47. The van der Waals surface area contributed by atoms with Crippen LogP contribution in [0, 0.1) is 11.3 Å². The summed E-state index contributed by atoms with van der Waals surface area (Å²) in [7, 11) is 0. The third kappa shape index (κ3) is 3.40. The normalized spacial score (nSPS) is 9.90. The molecule has 100 valence electrons. The molecule has 1 N–H and O–H groups in total. The van der Waals surface area contributed by atoms with E-state index in [0.717, 1.165) is 8.95 Å². The average molecular weight is 414 g/mol. The van der Waals surface area contributed by atoms with Crippen LogP contribution in [0.4, 0.5) is 5.69 Å². The Hall–Kier alpha value is -1.35. The van der Waals surface area contributed by atoms with Crippen molar-refractivity contribution in [2.45, 2.75) is 0 Å². The van der Waals surface area contributed by atoms with Crippen LogP contribution in [0.5, 0.6) is 0 Å². The molecule has 0 unspecified atom stereocenters. The SMILES string of the molecule is N#Cc1ccc(Br)cc1NC(=O)c1cc(Br)ccc1Cl. The molecule has 3 nitrogen and oxygen atoms in total. The lowest BCUT2D eigenvalue weighted by molar-refractivity contribution is 0.102. The van der Waals surface area contributed by atoms with E-state index in [9.17, 15) is 4.79 Å². The second-order valence-electron chi connectivity index (χ2n) is 3.88. The van der Waals surface area contributed by atoms with E-state index >= 15 is 0 Å². The number of rotatable bonds is 2. The van der Waals surface area contributed by atoms with Gasteiger partial charge in [-0.1, -0.05) is 43.5 Å². The summed E-state index contributed by atoms with van der Waals surface area (Å²) in [6, 6.07) is 12.1. The fourth-order valence-corrected chi connectivity index (χ4v) is 2.50. The van der Waals surface area contributed by atoms with Gasteiger partial charge >= 0.3 is 0 Å². The van der Waals surface area contributed by atoms with E-state index in [-0.39, 0.29) is 5.91 Å². The Morgan fingerprint density at radius 2 is 1.80 bits per heavy atom. The highest BCUT2D eigenvalue weighted by atomic mass is 79.9. The lowest BCUT2D eigenvalue weighted by Gasteiger charge is -2.09. The van der Waals surface area contributed by atoms with Crippen molar-refractivity contribution in [1.29, 1.82) is 5.26 Å². The summed E-state index contributed by atoms with van der Waals surface area (Å²) >= 11 is 12.6. The first-order valence-corrected chi connectivity index (χ1v) is 7.43. The van der Waals surface area contributed by atoms with Crippen molar-refractivity contribution in [3.63, 3.8) is 0 Å². The Balaban J connectivity index is 2.35. The number of hydrogen-bond acceptors (Lipinski definition) is 2. The van der Waals surface area contributed by atoms with Crippen molar-refractivity contribution >= 4 is 55.1 Å². The summed E-state index contributed by atoms with van der Waals surface area (Å²) in [5.74, 6) is -0.370. The zero-order valence-corrected chi connectivity index (χ0v) is 13.9. The van der Waals surface area contributed by atoms with Crippen molar-refractivity contribution in [3.05, 3.63) is 61.5 Å². The predicted molar refractivity (Wildman–Crippen MR) is 86.0 cm³/mol. The minimum Gasteiger partial charge on any atom is -0.321 e. The Morgan fingerprint density at radius 3 is 2.50 bits per heavy atom. The van der Waals surface area contributed by atoms with Crippen LogP contribution in [0.15, 0.2) is 45.3 Å². The molecule has 2 aromatic carbocycles. The van der Waals surface area contributed by atoms with Crippen LogP contribution in [0.3, 0.4) is 0 Å². The van der Waals surface area contributed by atoms with Gasteiger partial charge in [-0.2, -0.15) is 5.26 Å². The fourth-order valence-electron chi connectivity index (χ4n) is 1.58. The Labute approximate surface area is 137 Å². The maximum Gasteiger partial charge on any atom is 0.257 e. The molecule has 1 amide bonds. The standard InChI is InChI=1S/C14H7Br2ClN2O/c15-9-3-4-12(17)11(5-9)14(20)19-13-6-10(16)2-1-8(13)7-18/h1-6H,(H,19,20). The molecular weight excluding hydrogens is 407 g/mol. The van der Waals surface area contributed by atoms with Crippen LogP contribution in [-0.2, 0) is 0 Å². The summed E-state index contributed by atoms with van der Waals surface area (Å²) in [5, 5.41) is 12.1. The number of halogens is 3. The van der Waals surface area contributed by atoms with Gasteiger partial charge in [0.2, 0.25) is 0 Å². The highest BCUT2D eigenvalue weighted by Gasteiger charge is 2.13. The highest BCUT2D eigenvalue weighted by Crippen LogP contribution is 2.25. The molecule has 20 heavy (non-hydrogen) atoms. The molecule has 0 atom stereocenters. The van der Waals surface area contributed by atoms with Gasteiger partial charge in [0.05, 0.1) is 21.8 Å². The molecule has 0 radical (unpaired) electrons. The lowest BCUT2D eigenvalue weighted by atomic mass is 10.1. The predicted octanol–water partition coefficient (Wildman–Crippen LogP) is 4.99. The Kier molecular flexibility index (Phi) is 4.81. The molecule has 0 bridgehead atoms. The van der Waals surface area contributed by atoms with Gasteiger partial charge < -0.3 is 5.32 Å². The second kappa shape index (κ2) is 6.40. The highest BCUT2D eigenvalue weighted by molar-refractivity contribution is 9.10. The zero-order chi connectivity index (χ0) is 14.7. The number of nitrogens with zero attached hydrogens (tertiary/aromatic N) is 1. The van der Waals surface area contributed by atoms with E-state index < -0.39 is 0 Å². The largest absolute Gasteiger partial charge is 0.321 e. The van der Waals surface area contributed by atoms with Crippen LogP contribution in [0.1, 0.15) is 15.9 Å². The molecule has 0 saturated carbocycles. The van der Waals surface area contributed by atoms with Crippen LogP contribution < -0.4 is 5.32 Å². The van der Waals surface area contributed by atoms with E-state index in [1.54, 1.807) is 36.4 Å². The lowest BCUT2D eigenvalue weighted by Crippen LogP contribution is -2.13. The smallest absolute Gasteiger partial charge is 0.257 e. The van der Waals surface area contributed by atoms with Gasteiger partial charge in [-0.15, -0.1) is 0 Å². The molecule has 0 spiro atoms. The first-order chi connectivity index (χ1) is 9.51. The molecule has 0 aliphatic rings. The molecule has 0 aliphatic heterocycles. The third-order valence-electron chi connectivity index (χ3n) is 2.52. The molecule has 0 aromatic heterocycles. The van der Waals surface area contributed by atoms with E-state index in [2.05, 4.69) is 37.2 Å². The number of nitriles is 1.